The lowest BCUT2D eigenvalue weighted by Crippen LogP contribution is -2.39. The van der Waals surface area contributed by atoms with Gasteiger partial charge in [-0.3, -0.25) is 4.90 Å². The third-order valence-electron chi connectivity index (χ3n) is 2.10. The second kappa shape index (κ2) is 6.46. The number of rotatable bonds is 5. The van der Waals surface area contributed by atoms with Crippen LogP contribution in [0.15, 0.2) is 0 Å². The lowest BCUT2D eigenvalue weighted by Gasteiger charge is -2.30. The molecule has 3 nitrogen and oxygen atoms in total. The first-order valence-corrected chi connectivity index (χ1v) is 4.63. The van der Waals surface area contributed by atoms with Crippen LogP contribution in [-0.2, 0) is 0 Å². The van der Waals surface area contributed by atoms with E-state index in [0.717, 1.165) is 6.54 Å². The quantitative estimate of drug-likeness (QED) is 0.647. The van der Waals surface area contributed by atoms with E-state index >= 15 is 0 Å². The van der Waals surface area contributed by atoms with Gasteiger partial charge in [0.05, 0.1) is 18.6 Å². The highest BCUT2D eigenvalue weighted by Crippen LogP contribution is 2.08. The van der Waals surface area contributed by atoms with Gasteiger partial charge >= 0.3 is 0 Å². The molecule has 0 rings (SSSR count). The van der Waals surface area contributed by atoms with Crippen LogP contribution in [0.3, 0.4) is 0 Å². The molecule has 0 amide bonds. The second-order valence-electron chi connectivity index (χ2n) is 3.45. The molecule has 13 heavy (non-hydrogen) atoms. The fourth-order valence-corrected chi connectivity index (χ4v) is 1.42. The molecule has 0 N–H and O–H groups in total. The first-order chi connectivity index (χ1) is 6.13. The molecular weight excluding hydrogens is 162 g/mol. The Labute approximate surface area is 80.6 Å². The molecule has 1 unspecified atom stereocenters. The topological polar surface area (TPSA) is 50.8 Å². The molecule has 0 spiro atoms. The molecule has 0 radical (unpaired) electrons. The summed E-state index contributed by atoms with van der Waals surface area (Å²) in [5, 5.41) is 17.0. The molecule has 0 aromatic carbocycles. The lowest BCUT2D eigenvalue weighted by atomic mass is 10.1. The zero-order valence-electron chi connectivity index (χ0n) is 8.62. The zero-order valence-corrected chi connectivity index (χ0v) is 8.62. The van der Waals surface area contributed by atoms with Crippen molar-refractivity contribution in [2.45, 2.75) is 45.7 Å². The van der Waals surface area contributed by atoms with E-state index in [-0.39, 0.29) is 6.04 Å². The van der Waals surface area contributed by atoms with Crippen molar-refractivity contribution < 1.29 is 0 Å². The first kappa shape index (κ1) is 11.9. The predicted octanol–water partition coefficient (Wildman–Crippen LogP) is 1.91. The Bertz CT molecular complexity index is 209. The van der Waals surface area contributed by atoms with Gasteiger partial charge < -0.3 is 0 Å². The summed E-state index contributed by atoms with van der Waals surface area (Å²) in [6, 6.07) is 4.93. The monoisotopic (exact) mass is 179 g/mol. The van der Waals surface area contributed by atoms with Gasteiger partial charge in [0, 0.05) is 25.0 Å². The summed E-state index contributed by atoms with van der Waals surface area (Å²) in [4.78, 5) is 2.19. The standard InChI is InChI=1S/C10H17N3/c1-9(2)13(8-4-6-11)10(3)5-7-12/h9-10H,4-5,8H2,1-3H3. The Morgan fingerprint density at radius 3 is 2.15 bits per heavy atom. The summed E-state index contributed by atoms with van der Waals surface area (Å²) in [7, 11) is 0. The molecule has 72 valence electrons. The van der Waals surface area contributed by atoms with Crippen molar-refractivity contribution in [3.63, 3.8) is 0 Å². The van der Waals surface area contributed by atoms with E-state index in [9.17, 15) is 0 Å². The number of hydrogen-bond acceptors (Lipinski definition) is 3. The van der Waals surface area contributed by atoms with Gasteiger partial charge in [-0.1, -0.05) is 0 Å². The van der Waals surface area contributed by atoms with Crippen molar-refractivity contribution >= 4 is 0 Å². The smallest absolute Gasteiger partial charge is 0.0638 e. The Balaban J connectivity index is 4.10. The summed E-state index contributed by atoms with van der Waals surface area (Å²) in [5.74, 6) is 0. The van der Waals surface area contributed by atoms with E-state index < -0.39 is 0 Å². The fraction of sp³-hybridized carbons (Fsp3) is 0.800. The minimum absolute atomic E-state index is 0.248. The zero-order chi connectivity index (χ0) is 10.3. The molecule has 0 aromatic heterocycles. The van der Waals surface area contributed by atoms with Gasteiger partial charge in [-0.05, 0) is 20.8 Å². The molecule has 0 fully saturated rings. The average Bonchev–Trinajstić information content (AvgIpc) is 2.05. The van der Waals surface area contributed by atoms with Crippen molar-refractivity contribution in [1.29, 1.82) is 10.5 Å². The van der Waals surface area contributed by atoms with Crippen LogP contribution in [-0.4, -0.2) is 23.5 Å². The van der Waals surface area contributed by atoms with Gasteiger partial charge in [-0.25, -0.2) is 0 Å². The highest BCUT2D eigenvalue weighted by Gasteiger charge is 2.15. The second-order valence-corrected chi connectivity index (χ2v) is 3.45. The van der Waals surface area contributed by atoms with E-state index in [0.29, 0.717) is 18.9 Å². The Kier molecular flexibility index (Phi) is 5.93. The van der Waals surface area contributed by atoms with Gasteiger partial charge in [0.1, 0.15) is 0 Å². The third-order valence-corrected chi connectivity index (χ3v) is 2.10. The van der Waals surface area contributed by atoms with Crippen molar-refractivity contribution in [1.82, 2.24) is 4.90 Å². The minimum atomic E-state index is 0.248. The minimum Gasteiger partial charge on any atom is -0.296 e. The first-order valence-electron chi connectivity index (χ1n) is 4.63. The van der Waals surface area contributed by atoms with Gasteiger partial charge in [0.2, 0.25) is 0 Å². The van der Waals surface area contributed by atoms with Crippen LogP contribution in [0.4, 0.5) is 0 Å². The van der Waals surface area contributed by atoms with Crippen LogP contribution >= 0.6 is 0 Å². The maximum absolute atomic E-state index is 8.55. The molecule has 0 heterocycles. The van der Waals surface area contributed by atoms with Crippen LogP contribution in [0, 0.1) is 22.7 Å². The normalized spacial score (nSPS) is 12.5. The summed E-state index contributed by atoms with van der Waals surface area (Å²) in [6.07, 6.45) is 1.07. The predicted molar refractivity (Wildman–Crippen MR) is 51.8 cm³/mol. The molecule has 0 aliphatic heterocycles. The van der Waals surface area contributed by atoms with Gasteiger partial charge in [-0.15, -0.1) is 0 Å². The molecule has 0 saturated carbocycles. The Morgan fingerprint density at radius 1 is 1.15 bits per heavy atom. The Morgan fingerprint density at radius 2 is 1.77 bits per heavy atom. The maximum atomic E-state index is 8.55. The third kappa shape index (κ3) is 4.50. The number of nitrogens with zero attached hydrogens (tertiary/aromatic N) is 3. The van der Waals surface area contributed by atoms with E-state index in [1.54, 1.807) is 0 Å². The molecule has 0 aromatic rings. The van der Waals surface area contributed by atoms with Crippen molar-refractivity contribution in [3.8, 4) is 12.1 Å². The largest absolute Gasteiger partial charge is 0.296 e. The number of hydrogen-bond donors (Lipinski definition) is 0. The van der Waals surface area contributed by atoms with Crippen LogP contribution in [0.5, 0.6) is 0 Å². The highest BCUT2D eigenvalue weighted by molar-refractivity contribution is 4.83. The van der Waals surface area contributed by atoms with Crippen LogP contribution < -0.4 is 0 Å². The average molecular weight is 179 g/mol. The van der Waals surface area contributed by atoms with E-state index in [4.69, 9.17) is 10.5 Å². The van der Waals surface area contributed by atoms with E-state index in [1.165, 1.54) is 0 Å². The summed E-state index contributed by atoms with van der Waals surface area (Å²) < 4.78 is 0. The molecule has 0 bridgehead atoms. The highest BCUT2D eigenvalue weighted by atomic mass is 15.2. The number of nitriles is 2. The maximum Gasteiger partial charge on any atom is 0.0638 e. The molecule has 0 saturated heterocycles. The molecular formula is C10H17N3. The Hall–Kier alpha value is -1.06. The van der Waals surface area contributed by atoms with Gasteiger partial charge in [0.25, 0.3) is 0 Å². The molecule has 3 heteroatoms. The molecule has 1 atom stereocenters. The van der Waals surface area contributed by atoms with Crippen LogP contribution in [0.2, 0.25) is 0 Å². The summed E-state index contributed by atoms with van der Waals surface area (Å²) in [6.45, 7) is 6.97. The van der Waals surface area contributed by atoms with Crippen molar-refractivity contribution in [2.24, 2.45) is 0 Å². The van der Waals surface area contributed by atoms with Crippen LogP contribution in [0.25, 0.3) is 0 Å². The summed E-state index contributed by atoms with van der Waals surface area (Å²) >= 11 is 0. The lowest BCUT2D eigenvalue weighted by molar-refractivity contribution is 0.170. The molecule has 0 aliphatic rings. The molecule has 0 aliphatic carbocycles. The fourth-order valence-electron chi connectivity index (χ4n) is 1.42. The van der Waals surface area contributed by atoms with E-state index in [1.807, 2.05) is 6.92 Å². The SMILES string of the molecule is CC(C)N(CCC#N)C(C)CC#N. The van der Waals surface area contributed by atoms with E-state index in [2.05, 4.69) is 30.9 Å². The van der Waals surface area contributed by atoms with Gasteiger partial charge in [0.15, 0.2) is 0 Å². The van der Waals surface area contributed by atoms with Gasteiger partial charge in [-0.2, -0.15) is 10.5 Å². The summed E-state index contributed by atoms with van der Waals surface area (Å²) in [5.41, 5.74) is 0. The van der Waals surface area contributed by atoms with Crippen molar-refractivity contribution in [2.75, 3.05) is 6.54 Å². The van der Waals surface area contributed by atoms with Crippen molar-refractivity contribution in [3.05, 3.63) is 0 Å². The van der Waals surface area contributed by atoms with Crippen LogP contribution in [0.1, 0.15) is 33.6 Å².